The van der Waals surface area contributed by atoms with Crippen molar-refractivity contribution in [3.63, 3.8) is 0 Å². The molecule has 3 rings (SSSR count). The van der Waals surface area contributed by atoms with E-state index in [0.717, 1.165) is 11.1 Å². The first-order valence-corrected chi connectivity index (χ1v) is 8.88. The van der Waals surface area contributed by atoms with Gasteiger partial charge in [-0.05, 0) is 47.2 Å². The van der Waals surface area contributed by atoms with E-state index < -0.39 is 0 Å². The Kier molecular flexibility index (Phi) is 5.37. The van der Waals surface area contributed by atoms with Crippen LogP contribution in [0.3, 0.4) is 0 Å². The number of phenolic OH excluding ortho intramolecular Hbond substituents is 2. The Labute approximate surface area is 159 Å². The summed E-state index contributed by atoms with van der Waals surface area (Å²) in [6.07, 6.45) is -0.335. The summed E-state index contributed by atoms with van der Waals surface area (Å²) in [7, 11) is 4.54. The van der Waals surface area contributed by atoms with Crippen LogP contribution in [0.5, 0.6) is 28.7 Å². The Hall–Kier alpha value is -2.60. The Balaban J connectivity index is 1.96. The van der Waals surface area contributed by atoms with Crippen LogP contribution in [0.25, 0.3) is 0 Å². The van der Waals surface area contributed by atoms with E-state index in [1.807, 2.05) is 12.1 Å². The highest BCUT2D eigenvalue weighted by Crippen LogP contribution is 2.51. The van der Waals surface area contributed by atoms with Crippen LogP contribution in [0.15, 0.2) is 30.3 Å². The number of rotatable bonds is 5. The summed E-state index contributed by atoms with van der Waals surface area (Å²) in [5, 5.41) is 20.0. The number of aromatic hydroxyl groups is 2. The van der Waals surface area contributed by atoms with Crippen molar-refractivity contribution in [1.82, 2.24) is 0 Å². The van der Waals surface area contributed by atoms with Crippen LogP contribution in [0.1, 0.15) is 37.2 Å². The number of ether oxygens (including phenoxy) is 4. The molecule has 27 heavy (non-hydrogen) atoms. The Morgan fingerprint density at radius 1 is 0.741 bits per heavy atom. The summed E-state index contributed by atoms with van der Waals surface area (Å²) < 4.78 is 22.2. The molecular weight excluding hydrogens is 348 g/mol. The molecule has 1 heterocycles. The third kappa shape index (κ3) is 3.37. The number of hydrogen-bond acceptors (Lipinski definition) is 6. The van der Waals surface area contributed by atoms with Gasteiger partial charge in [-0.25, -0.2) is 0 Å². The molecule has 1 fully saturated rings. The Bertz CT molecular complexity index is 793. The van der Waals surface area contributed by atoms with Crippen LogP contribution in [0.2, 0.25) is 0 Å². The van der Waals surface area contributed by atoms with E-state index in [4.69, 9.17) is 18.9 Å². The van der Waals surface area contributed by atoms with Gasteiger partial charge in [0.2, 0.25) is 5.75 Å². The van der Waals surface area contributed by atoms with Crippen molar-refractivity contribution in [2.24, 2.45) is 11.8 Å². The first kappa shape index (κ1) is 19.2. The molecule has 0 amide bonds. The lowest BCUT2D eigenvalue weighted by Gasteiger charge is -2.19. The van der Waals surface area contributed by atoms with Crippen LogP contribution in [0, 0.1) is 11.8 Å². The van der Waals surface area contributed by atoms with Gasteiger partial charge in [0.05, 0.1) is 33.5 Å². The van der Waals surface area contributed by atoms with Crippen molar-refractivity contribution in [2.75, 3.05) is 21.3 Å². The second-order valence-corrected chi connectivity index (χ2v) is 6.90. The zero-order chi connectivity index (χ0) is 19.7. The fourth-order valence-corrected chi connectivity index (χ4v) is 3.67. The van der Waals surface area contributed by atoms with Gasteiger partial charge in [-0.15, -0.1) is 0 Å². The average molecular weight is 374 g/mol. The van der Waals surface area contributed by atoms with Crippen LogP contribution in [-0.4, -0.2) is 31.5 Å². The highest BCUT2D eigenvalue weighted by atomic mass is 16.5. The van der Waals surface area contributed by atoms with E-state index in [9.17, 15) is 10.2 Å². The van der Waals surface area contributed by atoms with Gasteiger partial charge in [-0.1, -0.05) is 19.9 Å². The maximum atomic E-state index is 10.2. The minimum absolute atomic E-state index is 0.0257. The molecule has 2 aromatic rings. The molecule has 6 nitrogen and oxygen atoms in total. The van der Waals surface area contributed by atoms with E-state index >= 15 is 0 Å². The topological polar surface area (TPSA) is 77.4 Å². The Morgan fingerprint density at radius 2 is 1.22 bits per heavy atom. The van der Waals surface area contributed by atoms with Gasteiger partial charge < -0.3 is 29.2 Å². The predicted octanol–water partition coefficient (Wildman–Crippen LogP) is 4.21. The molecule has 2 aromatic carbocycles. The van der Waals surface area contributed by atoms with Crippen molar-refractivity contribution >= 4 is 0 Å². The standard InChI is InChI=1S/C21H26O6/c1-11-12(2)21(14-9-17(25-4)19(23)18(10-14)26-5)27-20(11)13-6-7-15(22)16(8-13)24-3/h6-12,20-23H,1-5H3/t11-,12-,20-,21+/m1/s1. The molecule has 0 saturated carbocycles. The van der Waals surface area contributed by atoms with Gasteiger partial charge in [0.15, 0.2) is 23.0 Å². The number of methoxy groups -OCH3 is 3. The summed E-state index contributed by atoms with van der Waals surface area (Å²) in [5.41, 5.74) is 1.83. The maximum Gasteiger partial charge on any atom is 0.200 e. The molecule has 0 aromatic heterocycles. The molecule has 4 atom stereocenters. The Morgan fingerprint density at radius 3 is 1.74 bits per heavy atom. The zero-order valence-electron chi connectivity index (χ0n) is 16.2. The summed E-state index contributed by atoms with van der Waals surface area (Å²) >= 11 is 0. The smallest absolute Gasteiger partial charge is 0.200 e. The van der Waals surface area contributed by atoms with Gasteiger partial charge in [-0.2, -0.15) is 0 Å². The molecule has 0 bridgehead atoms. The average Bonchev–Trinajstić information content (AvgIpc) is 2.97. The summed E-state index contributed by atoms with van der Waals surface area (Å²) in [6, 6.07) is 8.85. The lowest BCUT2D eigenvalue weighted by Crippen LogP contribution is -2.10. The molecule has 0 aliphatic carbocycles. The highest BCUT2D eigenvalue weighted by Gasteiger charge is 2.41. The van der Waals surface area contributed by atoms with Crippen molar-refractivity contribution < 1.29 is 29.2 Å². The first-order valence-electron chi connectivity index (χ1n) is 8.88. The molecule has 2 N–H and O–H groups in total. The van der Waals surface area contributed by atoms with Crippen molar-refractivity contribution in [1.29, 1.82) is 0 Å². The fourth-order valence-electron chi connectivity index (χ4n) is 3.67. The second-order valence-electron chi connectivity index (χ2n) is 6.90. The minimum atomic E-state index is -0.187. The molecule has 6 heteroatoms. The zero-order valence-corrected chi connectivity index (χ0v) is 16.2. The lowest BCUT2D eigenvalue weighted by atomic mass is 9.85. The summed E-state index contributed by atoms with van der Waals surface area (Å²) in [4.78, 5) is 0. The molecular formula is C21H26O6. The van der Waals surface area contributed by atoms with Gasteiger partial charge in [-0.3, -0.25) is 0 Å². The highest BCUT2D eigenvalue weighted by molar-refractivity contribution is 5.53. The first-order chi connectivity index (χ1) is 12.9. The molecule has 0 radical (unpaired) electrons. The number of hydrogen-bond donors (Lipinski definition) is 2. The predicted molar refractivity (Wildman–Crippen MR) is 101 cm³/mol. The minimum Gasteiger partial charge on any atom is -0.504 e. The van der Waals surface area contributed by atoms with Crippen LogP contribution < -0.4 is 14.2 Å². The number of benzene rings is 2. The lowest BCUT2D eigenvalue weighted by molar-refractivity contribution is 0.0286. The maximum absolute atomic E-state index is 10.2. The van der Waals surface area contributed by atoms with E-state index in [1.165, 1.54) is 21.3 Å². The third-order valence-electron chi connectivity index (χ3n) is 5.44. The molecule has 1 aliphatic heterocycles. The molecule has 1 aliphatic rings. The van der Waals surface area contributed by atoms with E-state index in [0.29, 0.717) is 17.2 Å². The van der Waals surface area contributed by atoms with Crippen molar-refractivity contribution in [3.8, 4) is 28.7 Å². The molecule has 0 unspecified atom stereocenters. The van der Waals surface area contributed by atoms with Gasteiger partial charge in [0.1, 0.15) is 0 Å². The van der Waals surface area contributed by atoms with Crippen LogP contribution in [0.4, 0.5) is 0 Å². The monoisotopic (exact) mass is 374 g/mol. The third-order valence-corrected chi connectivity index (χ3v) is 5.44. The molecule has 0 spiro atoms. The molecule has 1 saturated heterocycles. The normalized spacial score (nSPS) is 24.6. The summed E-state index contributed by atoms with van der Waals surface area (Å²) in [5.74, 6) is 1.65. The molecule has 146 valence electrons. The second kappa shape index (κ2) is 7.56. The van der Waals surface area contributed by atoms with Crippen LogP contribution in [-0.2, 0) is 4.74 Å². The van der Waals surface area contributed by atoms with Gasteiger partial charge in [0, 0.05) is 0 Å². The largest absolute Gasteiger partial charge is 0.504 e. The van der Waals surface area contributed by atoms with Crippen molar-refractivity contribution in [3.05, 3.63) is 41.5 Å². The van der Waals surface area contributed by atoms with Crippen LogP contribution >= 0.6 is 0 Å². The quantitative estimate of drug-likeness (QED) is 0.816. The fraction of sp³-hybridized carbons (Fsp3) is 0.429. The van der Waals surface area contributed by atoms with E-state index in [1.54, 1.807) is 18.2 Å². The van der Waals surface area contributed by atoms with Gasteiger partial charge >= 0.3 is 0 Å². The number of phenols is 2. The SMILES string of the molecule is COc1cc([C@@H]2O[C@H](c3cc(OC)c(O)c(OC)c3)[C@H](C)[C@H]2C)ccc1O. The summed E-state index contributed by atoms with van der Waals surface area (Å²) in [6.45, 7) is 4.28. The van der Waals surface area contributed by atoms with E-state index in [-0.39, 0.29) is 35.5 Å². The van der Waals surface area contributed by atoms with Gasteiger partial charge in [0.25, 0.3) is 0 Å². The van der Waals surface area contributed by atoms with E-state index in [2.05, 4.69) is 13.8 Å². The van der Waals surface area contributed by atoms with Crippen molar-refractivity contribution in [2.45, 2.75) is 26.1 Å².